The molecule has 0 aromatic carbocycles. The summed E-state index contributed by atoms with van der Waals surface area (Å²) in [6.45, 7) is 0.531. The highest BCUT2D eigenvalue weighted by atomic mass is 32.1. The third-order valence-electron chi connectivity index (χ3n) is 3.75. The van der Waals surface area contributed by atoms with E-state index >= 15 is 0 Å². The highest BCUT2D eigenvalue weighted by Gasteiger charge is 2.35. The van der Waals surface area contributed by atoms with Crippen molar-refractivity contribution in [2.75, 3.05) is 6.54 Å². The van der Waals surface area contributed by atoms with E-state index in [1.54, 1.807) is 35.2 Å². The van der Waals surface area contributed by atoms with Crippen LogP contribution in [-0.2, 0) is 4.79 Å². The first-order valence-electron chi connectivity index (χ1n) is 7.52. The quantitative estimate of drug-likeness (QED) is 0.819. The van der Waals surface area contributed by atoms with E-state index in [0.29, 0.717) is 17.8 Å². The predicted molar refractivity (Wildman–Crippen MR) is 88.2 cm³/mol. The van der Waals surface area contributed by atoms with Gasteiger partial charge in [-0.25, -0.2) is 0 Å². The lowest BCUT2D eigenvalue weighted by Crippen LogP contribution is -2.51. The van der Waals surface area contributed by atoms with Gasteiger partial charge in [-0.1, -0.05) is 12.1 Å². The number of likely N-dealkylation sites (tertiary alicyclic amines) is 1. The normalized spacial score (nSPS) is 16.7. The summed E-state index contributed by atoms with van der Waals surface area (Å²) in [5, 5.41) is 1.82. The first kappa shape index (κ1) is 16.1. The topological polar surface area (TPSA) is 91.4 Å². The largest absolute Gasteiger partial charge is 0.326 e. The van der Waals surface area contributed by atoms with Crippen molar-refractivity contribution >= 4 is 29.1 Å². The zero-order valence-electron chi connectivity index (χ0n) is 12.8. The molecule has 0 bridgehead atoms. The number of aromatic nitrogens is 1. The van der Waals surface area contributed by atoms with Crippen molar-refractivity contribution in [3.8, 4) is 0 Å². The minimum absolute atomic E-state index is 0.154. The maximum absolute atomic E-state index is 12.4. The van der Waals surface area contributed by atoms with E-state index in [1.165, 1.54) is 17.5 Å². The summed E-state index contributed by atoms with van der Waals surface area (Å²) >= 11 is 1.35. The molecule has 24 heavy (non-hydrogen) atoms. The van der Waals surface area contributed by atoms with Crippen LogP contribution in [0.3, 0.4) is 0 Å². The fourth-order valence-electron chi connectivity index (χ4n) is 2.59. The number of thiophene rings is 1. The number of hydrogen-bond acceptors (Lipinski definition) is 5. The molecule has 8 heteroatoms. The molecule has 0 unspecified atom stereocenters. The number of hydrogen-bond donors (Lipinski definition) is 2. The second kappa shape index (κ2) is 7.22. The van der Waals surface area contributed by atoms with Gasteiger partial charge in [0.25, 0.3) is 17.7 Å². The van der Waals surface area contributed by atoms with Crippen molar-refractivity contribution in [1.82, 2.24) is 20.7 Å². The van der Waals surface area contributed by atoms with Crippen LogP contribution in [0.25, 0.3) is 0 Å². The van der Waals surface area contributed by atoms with E-state index in [-0.39, 0.29) is 11.6 Å². The van der Waals surface area contributed by atoms with E-state index in [9.17, 15) is 14.4 Å². The Labute approximate surface area is 142 Å². The number of carbonyl (C=O) groups is 3. The fraction of sp³-hybridized carbons (Fsp3) is 0.250. The van der Waals surface area contributed by atoms with Crippen molar-refractivity contribution in [1.29, 1.82) is 0 Å². The number of rotatable bonds is 3. The number of nitrogens with zero attached hydrogens (tertiary/aromatic N) is 2. The van der Waals surface area contributed by atoms with Crippen LogP contribution in [-0.4, -0.2) is 40.2 Å². The summed E-state index contributed by atoms with van der Waals surface area (Å²) in [7, 11) is 0. The summed E-state index contributed by atoms with van der Waals surface area (Å²) in [5.41, 5.74) is 4.92. The van der Waals surface area contributed by atoms with Gasteiger partial charge in [0.2, 0.25) is 0 Å². The molecule has 3 amide bonds. The van der Waals surface area contributed by atoms with Crippen LogP contribution in [0.1, 0.15) is 33.0 Å². The highest BCUT2D eigenvalue weighted by Crippen LogP contribution is 2.22. The molecule has 1 aliphatic rings. The third-order valence-corrected chi connectivity index (χ3v) is 4.60. The molecule has 1 aliphatic heterocycles. The number of hydrazine groups is 1. The molecule has 2 aromatic heterocycles. The van der Waals surface area contributed by atoms with E-state index in [2.05, 4.69) is 15.8 Å². The summed E-state index contributed by atoms with van der Waals surface area (Å²) in [6.07, 6.45) is 2.82. The van der Waals surface area contributed by atoms with E-state index < -0.39 is 17.9 Å². The first-order valence-corrected chi connectivity index (χ1v) is 8.40. The molecule has 0 saturated carbocycles. The highest BCUT2D eigenvalue weighted by molar-refractivity contribution is 7.12. The van der Waals surface area contributed by atoms with Crippen molar-refractivity contribution in [2.24, 2.45) is 0 Å². The first-order chi connectivity index (χ1) is 11.7. The maximum Gasteiger partial charge on any atom is 0.288 e. The monoisotopic (exact) mass is 344 g/mol. The molecular formula is C16H16N4O3S. The van der Waals surface area contributed by atoms with Gasteiger partial charge in [0.05, 0.1) is 4.88 Å². The Morgan fingerprint density at radius 3 is 2.75 bits per heavy atom. The lowest BCUT2D eigenvalue weighted by molar-refractivity contribution is -0.125. The molecule has 0 radical (unpaired) electrons. The minimum atomic E-state index is -0.580. The van der Waals surface area contributed by atoms with Gasteiger partial charge < -0.3 is 4.90 Å². The Bertz CT molecular complexity index is 733. The molecule has 1 saturated heterocycles. The van der Waals surface area contributed by atoms with Gasteiger partial charge in [0.1, 0.15) is 11.7 Å². The molecule has 0 aliphatic carbocycles. The molecule has 124 valence electrons. The molecule has 2 N–H and O–H groups in total. The van der Waals surface area contributed by atoms with Crippen LogP contribution in [0.5, 0.6) is 0 Å². The van der Waals surface area contributed by atoms with E-state index in [4.69, 9.17) is 0 Å². The van der Waals surface area contributed by atoms with Gasteiger partial charge in [-0.15, -0.1) is 11.3 Å². The average Bonchev–Trinajstić information content (AvgIpc) is 3.31. The van der Waals surface area contributed by atoms with E-state index in [1.807, 2.05) is 5.38 Å². The third kappa shape index (κ3) is 3.43. The Morgan fingerprint density at radius 2 is 2.04 bits per heavy atom. The van der Waals surface area contributed by atoms with Crippen molar-refractivity contribution in [3.05, 3.63) is 52.5 Å². The van der Waals surface area contributed by atoms with Crippen LogP contribution in [0.4, 0.5) is 0 Å². The second-order valence-electron chi connectivity index (χ2n) is 5.29. The molecule has 1 fully saturated rings. The van der Waals surface area contributed by atoms with Gasteiger partial charge in [0, 0.05) is 12.7 Å². The molecular weight excluding hydrogens is 328 g/mol. The lowest BCUT2D eigenvalue weighted by atomic mass is 10.2. The Hall–Kier alpha value is -2.74. The standard InChI is InChI=1S/C16H16N4O3S/c21-14(11-5-1-2-8-17-11)18-19-15(22)12-6-3-9-20(12)16(23)13-7-4-10-24-13/h1-2,4-5,7-8,10,12H,3,6,9H2,(H,18,21)(H,19,22)/t12-/m1/s1. The minimum Gasteiger partial charge on any atom is -0.326 e. The van der Waals surface area contributed by atoms with Crippen LogP contribution in [0.15, 0.2) is 41.9 Å². The molecule has 1 atom stereocenters. The zero-order chi connectivity index (χ0) is 16.9. The van der Waals surface area contributed by atoms with E-state index in [0.717, 1.165) is 6.42 Å². The van der Waals surface area contributed by atoms with Gasteiger partial charge in [-0.2, -0.15) is 0 Å². The predicted octanol–water partition coefficient (Wildman–Crippen LogP) is 1.21. The van der Waals surface area contributed by atoms with Crippen LogP contribution >= 0.6 is 11.3 Å². The van der Waals surface area contributed by atoms with Crippen LogP contribution in [0, 0.1) is 0 Å². The zero-order valence-corrected chi connectivity index (χ0v) is 13.6. The van der Waals surface area contributed by atoms with Crippen molar-refractivity contribution in [3.63, 3.8) is 0 Å². The number of pyridine rings is 1. The average molecular weight is 344 g/mol. The number of amides is 3. The molecule has 2 aromatic rings. The maximum atomic E-state index is 12.4. The SMILES string of the molecule is O=C(NNC(=O)[C@H]1CCCN1C(=O)c1cccs1)c1ccccn1. The van der Waals surface area contributed by atoms with Gasteiger partial charge in [-0.3, -0.25) is 30.2 Å². The Balaban J connectivity index is 1.60. The summed E-state index contributed by atoms with van der Waals surface area (Å²) in [4.78, 5) is 42.7. The molecule has 0 spiro atoms. The van der Waals surface area contributed by atoms with Gasteiger partial charge in [-0.05, 0) is 36.4 Å². The van der Waals surface area contributed by atoms with Gasteiger partial charge in [0.15, 0.2) is 0 Å². The summed E-state index contributed by atoms with van der Waals surface area (Å²) in [5.74, 6) is -1.06. The Kier molecular flexibility index (Phi) is 4.85. The Morgan fingerprint density at radius 1 is 1.17 bits per heavy atom. The molecule has 7 nitrogen and oxygen atoms in total. The summed E-state index contributed by atoms with van der Waals surface area (Å²) < 4.78 is 0. The molecule has 3 heterocycles. The van der Waals surface area contributed by atoms with Crippen LogP contribution < -0.4 is 10.9 Å². The lowest BCUT2D eigenvalue weighted by Gasteiger charge is -2.23. The van der Waals surface area contributed by atoms with Crippen molar-refractivity contribution in [2.45, 2.75) is 18.9 Å². The van der Waals surface area contributed by atoms with Gasteiger partial charge >= 0.3 is 0 Å². The van der Waals surface area contributed by atoms with Crippen LogP contribution in [0.2, 0.25) is 0 Å². The molecule has 3 rings (SSSR count). The van der Waals surface area contributed by atoms with Crippen molar-refractivity contribution < 1.29 is 14.4 Å². The summed E-state index contributed by atoms with van der Waals surface area (Å²) in [6, 6.07) is 7.89. The smallest absolute Gasteiger partial charge is 0.288 e. The number of carbonyl (C=O) groups excluding carboxylic acids is 3. The number of nitrogens with one attached hydrogen (secondary N) is 2. The fourth-order valence-corrected chi connectivity index (χ4v) is 3.27. The second-order valence-corrected chi connectivity index (χ2v) is 6.24.